The van der Waals surface area contributed by atoms with Crippen LogP contribution in [0.3, 0.4) is 0 Å². The molecule has 4 heterocycles. The number of carbonyl (C=O) groups is 3. The first-order chi connectivity index (χ1) is 41.1. The van der Waals surface area contributed by atoms with Gasteiger partial charge >= 0.3 is 0 Å². The van der Waals surface area contributed by atoms with Crippen LogP contribution in [0.4, 0.5) is 11.4 Å². The molecule has 2 aromatic heterocycles. The van der Waals surface area contributed by atoms with E-state index in [2.05, 4.69) is 41.8 Å². The number of β-amino-alcohol motifs (C(OH)–C–C–N with tert-alkyl or cyclic N) is 1. The Balaban J connectivity index is 0.660. The Morgan fingerprint density at radius 3 is 2.05 bits per heavy atom. The van der Waals surface area contributed by atoms with Crippen LogP contribution in [0.5, 0.6) is 17.2 Å². The molecule has 0 aliphatic carbocycles. The standard InChI is InChI=1S/C64H87Cl2N9O9S/c1-44-60(85-43-70-44)46-21-19-45(20-22-46)40-69-62(78)54-34-48(76)42-75(54)63(79)61(64(2,3)4)72-58(77)18-11-9-14-30-83-32-16-10-15-31-82-29-13-8-7-12-23-73-25-27-74(28-26-73)24-17-33-84-57-37-52-49(35-56(57)81-6)59(47(39-67)41-68-52)71-53-38-55(80-5)51(66)36-50(53)65/h19-22,35-38,41,43,48,54,61,76H,7-18,23-34,40,42H2,1-6H3,(H,68,71)(H,69,78)(H,72,77)/t48-,54+,61-/m1/s1. The summed E-state index contributed by atoms with van der Waals surface area (Å²) < 4.78 is 29.2. The first-order valence-corrected chi connectivity index (χ1v) is 31.7. The lowest BCUT2D eigenvalue weighted by Gasteiger charge is -2.35. The Kier molecular flexibility index (Phi) is 26.6. The van der Waals surface area contributed by atoms with E-state index in [1.807, 2.05) is 69.6 Å². The maximum Gasteiger partial charge on any atom is 0.246 e. The maximum atomic E-state index is 14.0. The highest BCUT2D eigenvalue weighted by Crippen LogP contribution is 2.41. The summed E-state index contributed by atoms with van der Waals surface area (Å²) in [6.07, 6.45) is 12.1. The quantitative estimate of drug-likeness (QED) is 0.0282. The fourth-order valence-corrected chi connectivity index (χ4v) is 12.0. The van der Waals surface area contributed by atoms with E-state index < -0.39 is 23.6 Å². The molecule has 3 amide bonds. The van der Waals surface area contributed by atoms with Crippen molar-refractivity contribution in [3.05, 3.63) is 87.1 Å². The van der Waals surface area contributed by atoms with Crippen LogP contribution in [-0.4, -0.2) is 159 Å². The van der Waals surface area contributed by atoms with Gasteiger partial charge in [0, 0.05) is 109 Å². The number of hydrogen-bond acceptors (Lipinski definition) is 16. The summed E-state index contributed by atoms with van der Waals surface area (Å²) in [4.78, 5) is 57.1. The summed E-state index contributed by atoms with van der Waals surface area (Å²) >= 11 is 14.4. The molecule has 0 unspecified atom stereocenters. The predicted molar refractivity (Wildman–Crippen MR) is 336 cm³/mol. The summed E-state index contributed by atoms with van der Waals surface area (Å²) in [5, 5.41) is 31.2. The van der Waals surface area contributed by atoms with Crippen molar-refractivity contribution in [2.75, 3.05) is 98.4 Å². The average molecular weight is 1230 g/mol. The third kappa shape index (κ3) is 20.1. The number of aliphatic hydroxyl groups is 1. The van der Waals surface area contributed by atoms with Crippen LogP contribution in [0, 0.1) is 23.7 Å². The number of rotatable bonds is 34. The number of halogens is 2. The van der Waals surface area contributed by atoms with Crippen molar-refractivity contribution < 1.29 is 43.2 Å². The number of methoxy groups -OCH3 is 2. The van der Waals surface area contributed by atoms with E-state index in [-0.39, 0.29) is 43.7 Å². The molecule has 0 radical (unpaired) electrons. The summed E-state index contributed by atoms with van der Waals surface area (Å²) in [6, 6.07) is 15.4. The Bertz CT molecular complexity index is 2980. The number of aliphatic hydroxyl groups excluding tert-OH is 1. The molecule has 0 bridgehead atoms. The second-order valence-corrected chi connectivity index (χ2v) is 24.8. The van der Waals surface area contributed by atoms with Gasteiger partial charge < -0.3 is 59.4 Å². The molecule has 5 aromatic rings. The molecule has 18 nitrogen and oxygen atoms in total. The Morgan fingerprint density at radius 1 is 0.788 bits per heavy atom. The van der Waals surface area contributed by atoms with Crippen molar-refractivity contribution in [3.63, 3.8) is 0 Å². The SMILES string of the molecule is COc1cc(Nc2c(C#N)cnc3cc(OCCCN4CCN(CCCCCCOCCCCCOCCCCCC(=O)N[C@H](C(=O)N5C[C@H](O)C[C@H]5C(=O)NCc5ccc(-c6scnc6C)cc5)C(C)(C)C)CC4)c(OC)cc23)c(Cl)cc1Cl. The molecule has 2 saturated heterocycles. The number of fused-ring (bicyclic) bond motifs is 1. The molecule has 21 heteroatoms. The van der Waals surface area contributed by atoms with Gasteiger partial charge in [-0.15, -0.1) is 11.3 Å². The molecule has 462 valence electrons. The van der Waals surface area contributed by atoms with Gasteiger partial charge in [0.2, 0.25) is 17.7 Å². The van der Waals surface area contributed by atoms with Crippen molar-refractivity contribution in [3.8, 4) is 33.8 Å². The van der Waals surface area contributed by atoms with Crippen molar-refractivity contribution >= 4 is 74.5 Å². The summed E-state index contributed by atoms with van der Waals surface area (Å²) in [6.45, 7) is 17.8. The first kappa shape index (κ1) is 66.7. The first-order valence-electron chi connectivity index (χ1n) is 30.1. The summed E-state index contributed by atoms with van der Waals surface area (Å²) in [5.74, 6) is 0.677. The zero-order valence-corrected chi connectivity index (χ0v) is 52.8. The molecule has 3 atom stereocenters. The molecular formula is C64H87Cl2N9O9S. The maximum absolute atomic E-state index is 14.0. The monoisotopic (exact) mass is 1230 g/mol. The number of pyridine rings is 1. The minimum atomic E-state index is -0.852. The topological polar surface area (TPSA) is 213 Å². The highest BCUT2D eigenvalue weighted by atomic mass is 35.5. The fourth-order valence-electron chi connectivity index (χ4n) is 10.7. The average Bonchev–Trinajstić information content (AvgIpc) is 4.23. The number of thiazole rings is 1. The van der Waals surface area contributed by atoms with Crippen molar-refractivity contribution in [2.24, 2.45) is 5.41 Å². The lowest BCUT2D eigenvalue weighted by atomic mass is 9.85. The third-order valence-corrected chi connectivity index (χ3v) is 17.2. The molecule has 3 aromatic carbocycles. The van der Waals surface area contributed by atoms with Crippen LogP contribution >= 0.6 is 34.5 Å². The molecule has 2 fully saturated rings. The molecule has 0 spiro atoms. The number of anilines is 2. The number of amides is 3. The summed E-state index contributed by atoms with van der Waals surface area (Å²) in [7, 11) is 3.12. The summed E-state index contributed by atoms with van der Waals surface area (Å²) in [5.41, 5.74) is 6.21. The number of carbonyl (C=O) groups excluding carboxylic acids is 3. The number of aromatic nitrogens is 2. The van der Waals surface area contributed by atoms with Crippen LogP contribution in [-0.2, 0) is 30.4 Å². The van der Waals surface area contributed by atoms with Gasteiger partial charge in [-0.05, 0) is 93.5 Å². The number of aryl methyl sites for hydroxylation is 1. The minimum absolute atomic E-state index is 0.0335. The van der Waals surface area contributed by atoms with Gasteiger partial charge in [0.05, 0.1) is 75.5 Å². The van der Waals surface area contributed by atoms with Gasteiger partial charge in [-0.2, -0.15) is 5.26 Å². The van der Waals surface area contributed by atoms with E-state index >= 15 is 0 Å². The van der Waals surface area contributed by atoms with E-state index in [0.29, 0.717) is 81.4 Å². The van der Waals surface area contributed by atoms with E-state index in [1.54, 1.807) is 30.6 Å². The highest BCUT2D eigenvalue weighted by Gasteiger charge is 2.44. The molecule has 4 N–H and O–H groups in total. The molecule has 2 aliphatic rings. The van der Waals surface area contributed by atoms with E-state index in [4.69, 9.17) is 46.9 Å². The fraction of sp³-hybridized carbons (Fsp3) is 0.562. The number of benzene rings is 3. The molecule has 2 aliphatic heterocycles. The van der Waals surface area contributed by atoms with Gasteiger partial charge in [0.15, 0.2) is 11.5 Å². The number of nitrogens with one attached hydrogen (secondary N) is 3. The Labute approximate surface area is 516 Å². The molecule has 85 heavy (non-hydrogen) atoms. The minimum Gasteiger partial charge on any atom is -0.495 e. The van der Waals surface area contributed by atoms with E-state index in [9.17, 15) is 24.8 Å². The Hall–Kier alpha value is -5.82. The second-order valence-electron chi connectivity index (χ2n) is 23.1. The Morgan fingerprint density at radius 2 is 1.42 bits per heavy atom. The number of nitriles is 1. The molecule has 7 rings (SSSR count). The van der Waals surface area contributed by atoms with Crippen molar-refractivity contribution in [2.45, 2.75) is 136 Å². The molecule has 0 saturated carbocycles. The number of piperazine rings is 1. The van der Waals surface area contributed by atoms with Gasteiger partial charge in [0.25, 0.3) is 0 Å². The van der Waals surface area contributed by atoms with Crippen LogP contribution in [0.1, 0.15) is 121 Å². The zero-order valence-electron chi connectivity index (χ0n) is 50.5. The van der Waals surface area contributed by atoms with Gasteiger partial charge in [-0.25, -0.2) is 4.98 Å². The number of likely N-dealkylation sites (tertiary alicyclic amines) is 1. The predicted octanol–water partition coefficient (Wildman–Crippen LogP) is 11.1. The van der Waals surface area contributed by atoms with Gasteiger partial charge in [-0.3, -0.25) is 19.4 Å². The highest BCUT2D eigenvalue weighted by molar-refractivity contribution is 7.13. The number of ether oxygens (including phenoxy) is 5. The third-order valence-electron chi connectivity index (χ3n) is 15.6. The number of unbranched alkanes of at least 4 members (excludes halogenated alkanes) is 7. The van der Waals surface area contributed by atoms with Gasteiger partial charge in [0.1, 0.15) is 23.9 Å². The van der Waals surface area contributed by atoms with Crippen LogP contribution in [0.2, 0.25) is 10.0 Å². The van der Waals surface area contributed by atoms with Crippen LogP contribution < -0.4 is 30.2 Å². The van der Waals surface area contributed by atoms with Crippen LogP contribution in [0.15, 0.2) is 60.2 Å². The normalized spacial score (nSPS) is 16.1. The molecular weight excluding hydrogens is 1140 g/mol. The second kappa shape index (κ2) is 33.9. The lowest BCUT2D eigenvalue weighted by Crippen LogP contribution is -2.57. The number of hydrogen-bond donors (Lipinski definition) is 4. The lowest BCUT2D eigenvalue weighted by molar-refractivity contribution is -0.144. The smallest absolute Gasteiger partial charge is 0.246 e. The largest absolute Gasteiger partial charge is 0.495 e. The van der Waals surface area contributed by atoms with Crippen molar-refractivity contribution in [1.29, 1.82) is 5.26 Å². The zero-order chi connectivity index (χ0) is 60.7. The van der Waals surface area contributed by atoms with E-state index in [1.165, 1.54) is 37.5 Å². The number of nitrogens with zero attached hydrogens (tertiary/aromatic N) is 6. The van der Waals surface area contributed by atoms with Gasteiger partial charge in [-0.1, -0.05) is 87.5 Å². The van der Waals surface area contributed by atoms with Crippen molar-refractivity contribution in [1.82, 2.24) is 35.3 Å². The van der Waals surface area contributed by atoms with E-state index in [0.717, 1.165) is 119 Å². The van der Waals surface area contributed by atoms with Crippen LogP contribution in [0.25, 0.3) is 21.3 Å².